The van der Waals surface area contributed by atoms with Crippen molar-refractivity contribution in [3.05, 3.63) is 10.6 Å². The van der Waals surface area contributed by atoms with Crippen molar-refractivity contribution in [2.24, 2.45) is 0 Å². The Morgan fingerprint density at radius 2 is 2.00 bits per heavy atom. The molecule has 0 aromatic carbocycles. The monoisotopic (exact) mass is 269 g/mol. The van der Waals surface area contributed by atoms with E-state index in [9.17, 15) is 5.11 Å². The third-order valence-electron chi connectivity index (χ3n) is 3.25. The number of rotatable bonds is 7. The van der Waals surface area contributed by atoms with E-state index in [-0.39, 0.29) is 6.61 Å². The first-order valence-electron chi connectivity index (χ1n) is 6.58. The third-order valence-corrected chi connectivity index (χ3v) is 4.42. The van der Waals surface area contributed by atoms with Crippen LogP contribution in [-0.2, 0) is 6.61 Å². The van der Waals surface area contributed by atoms with Gasteiger partial charge in [-0.1, -0.05) is 11.3 Å². The molecule has 1 aliphatic carbocycles. The number of anilines is 1. The van der Waals surface area contributed by atoms with Crippen molar-refractivity contribution < 1.29 is 5.11 Å². The van der Waals surface area contributed by atoms with E-state index < -0.39 is 0 Å². The Morgan fingerprint density at radius 1 is 1.28 bits per heavy atom. The van der Waals surface area contributed by atoms with E-state index in [2.05, 4.69) is 30.9 Å². The Labute approximate surface area is 113 Å². The van der Waals surface area contributed by atoms with Crippen LogP contribution in [0.3, 0.4) is 0 Å². The molecule has 1 aromatic heterocycles. The first kappa shape index (κ1) is 13.8. The lowest BCUT2D eigenvalue weighted by atomic mass is 10.2. The zero-order chi connectivity index (χ0) is 13.1. The average Bonchev–Trinajstić information content (AvgIpc) is 3.08. The number of aliphatic hydroxyl groups excluding tert-OH is 1. The largest absolute Gasteiger partial charge is 0.391 e. The average molecular weight is 269 g/mol. The molecule has 0 saturated heterocycles. The summed E-state index contributed by atoms with van der Waals surface area (Å²) >= 11 is 1.65. The molecule has 1 N–H and O–H groups in total. The number of nitrogens with zero attached hydrogens (tertiary/aromatic N) is 3. The summed E-state index contributed by atoms with van der Waals surface area (Å²) in [6.07, 6.45) is 3.61. The minimum absolute atomic E-state index is 0.134. The molecule has 102 valence electrons. The van der Waals surface area contributed by atoms with Crippen molar-refractivity contribution >= 4 is 16.5 Å². The van der Waals surface area contributed by atoms with Gasteiger partial charge in [-0.05, 0) is 39.9 Å². The lowest BCUT2D eigenvalue weighted by molar-refractivity contribution is 0.284. The predicted molar refractivity (Wildman–Crippen MR) is 76.5 cm³/mol. The second-order valence-electron chi connectivity index (χ2n) is 5.32. The van der Waals surface area contributed by atoms with Gasteiger partial charge in [-0.25, -0.2) is 4.98 Å². The second-order valence-corrected chi connectivity index (χ2v) is 6.38. The van der Waals surface area contributed by atoms with Crippen LogP contribution in [0.25, 0.3) is 0 Å². The van der Waals surface area contributed by atoms with E-state index in [1.54, 1.807) is 11.3 Å². The van der Waals surface area contributed by atoms with Crippen LogP contribution in [0.15, 0.2) is 0 Å². The van der Waals surface area contributed by atoms with Gasteiger partial charge in [-0.15, -0.1) is 0 Å². The van der Waals surface area contributed by atoms with Gasteiger partial charge in [0.05, 0.1) is 17.2 Å². The van der Waals surface area contributed by atoms with Gasteiger partial charge in [-0.2, -0.15) is 0 Å². The highest BCUT2D eigenvalue weighted by Gasteiger charge is 2.29. The first-order chi connectivity index (χ1) is 8.61. The molecule has 2 rings (SSSR count). The molecule has 1 aromatic rings. The molecule has 0 amide bonds. The summed E-state index contributed by atoms with van der Waals surface area (Å²) in [6.45, 7) is 2.24. The Balaban J connectivity index is 1.94. The van der Waals surface area contributed by atoms with E-state index in [4.69, 9.17) is 4.98 Å². The number of aliphatic hydroxyl groups is 1. The summed E-state index contributed by atoms with van der Waals surface area (Å²) in [6, 6.07) is 0. The molecule has 0 atom stereocenters. The van der Waals surface area contributed by atoms with Gasteiger partial charge < -0.3 is 14.9 Å². The van der Waals surface area contributed by atoms with Gasteiger partial charge in [0, 0.05) is 19.5 Å². The Bertz CT molecular complexity index is 388. The smallest absolute Gasteiger partial charge is 0.185 e. The Hall–Kier alpha value is -0.650. The van der Waals surface area contributed by atoms with Crippen LogP contribution in [0.4, 0.5) is 5.13 Å². The zero-order valence-electron chi connectivity index (χ0n) is 11.5. The fourth-order valence-corrected chi connectivity index (χ4v) is 3.02. The van der Waals surface area contributed by atoms with Crippen LogP contribution in [0.2, 0.25) is 0 Å². The number of aromatic nitrogens is 1. The summed E-state index contributed by atoms with van der Waals surface area (Å²) < 4.78 is 0. The molecule has 0 radical (unpaired) electrons. The summed E-state index contributed by atoms with van der Waals surface area (Å²) in [7, 11) is 6.28. The first-order valence-corrected chi connectivity index (χ1v) is 7.39. The highest BCUT2D eigenvalue weighted by atomic mass is 32.1. The van der Waals surface area contributed by atoms with E-state index in [0.717, 1.165) is 35.2 Å². The summed E-state index contributed by atoms with van der Waals surface area (Å²) in [5, 5.41) is 10.4. The number of thiazole rings is 1. The number of hydrogen-bond donors (Lipinski definition) is 1. The maximum absolute atomic E-state index is 9.38. The van der Waals surface area contributed by atoms with Crippen molar-refractivity contribution in [2.45, 2.75) is 31.8 Å². The molecule has 18 heavy (non-hydrogen) atoms. The van der Waals surface area contributed by atoms with Crippen LogP contribution in [0.5, 0.6) is 0 Å². The van der Waals surface area contributed by atoms with Crippen LogP contribution in [-0.4, -0.2) is 49.2 Å². The SMILES string of the molecule is CN(C)CCCN(C)c1nc(C2CC2)c(CO)s1. The molecule has 1 fully saturated rings. The fraction of sp³-hybridized carbons (Fsp3) is 0.769. The Morgan fingerprint density at radius 3 is 2.56 bits per heavy atom. The highest BCUT2D eigenvalue weighted by Crippen LogP contribution is 2.44. The summed E-state index contributed by atoms with van der Waals surface area (Å²) in [5.74, 6) is 0.618. The summed E-state index contributed by atoms with van der Waals surface area (Å²) in [4.78, 5) is 10.2. The van der Waals surface area contributed by atoms with Gasteiger partial charge in [0.2, 0.25) is 0 Å². The van der Waals surface area contributed by atoms with Gasteiger partial charge >= 0.3 is 0 Å². The Kier molecular flexibility index (Phi) is 4.59. The van der Waals surface area contributed by atoms with Crippen molar-refractivity contribution in [2.75, 3.05) is 39.1 Å². The standard InChI is InChI=1S/C13H23N3OS/c1-15(2)7-4-8-16(3)13-14-12(10-5-6-10)11(9-17)18-13/h10,17H,4-9H2,1-3H3. The molecule has 0 spiro atoms. The minimum Gasteiger partial charge on any atom is -0.391 e. The zero-order valence-corrected chi connectivity index (χ0v) is 12.3. The number of hydrogen-bond acceptors (Lipinski definition) is 5. The molecule has 1 aliphatic rings. The lowest BCUT2D eigenvalue weighted by Gasteiger charge is -2.17. The molecular formula is C13H23N3OS. The van der Waals surface area contributed by atoms with Crippen LogP contribution in [0.1, 0.15) is 35.8 Å². The predicted octanol–water partition coefficient (Wildman–Crippen LogP) is 1.90. The maximum Gasteiger partial charge on any atom is 0.185 e. The molecule has 5 heteroatoms. The van der Waals surface area contributed by atoms with E-state index in [1.165, 1.54) is 12.8 Å². The molecule has 0 bridgehead atoms. The molecule has 0 unspecified atom stereocenters. The summed E-state index contributed by atoms with van der Waals surface area (Å²) in [5.41, 5.74) is 1.15. The topological polar surface area (TPSA) is 39.6 Å². The molecule has 1 saturated carbocycles. The minimum atomic E-state index is 0.134. The van der Waals surface area contributed by atoms with Gasteiger partial charge in [0.1, 0.15) is 0 Å². The highest BCUT2D eigenvalue weighted by molar-refractivity contribution is 7.15. The molecule has 0 aliphatic heterocycles. The fourth-order valence-electron chi connectivity index (χ4n) is 2.02. The molecule has 1 heterocycles. The van der Waals surface area contributed by atoms with Crippen molar-refractivity contribution in [3.8, 4) is 0 Å². The molecule has 4 nitrogen and oxygen atoms in total. The van der Waals surface area contributed by atoms with Crippen LogP contribution >= 0.6 is 11.3 Å². The molecular weight excluding hydrogens is 246 g/mol. The van der Waals surface area contributed by atoms with Gasteiger partial charge in [0.15, 0.2) is 5.13 Å². The van der Waals surface area contributed by atoms with Gasteiger partial charge in [-0.3, -0.25) is 0 Å². The second kappa shape index (κ2) is 5.99. The van der Waals surface area contributed by atoms with E-state index in [0.29, 0.717) is 5.92 Å². The van der Waals surface area contributed by atoms with Gasteiger partial charge in [0.25, 0.3) is 0 Å². The third kappa shape index (κ3) is 3.43. The lowest BCUT2D eigenvalue weighted by Crippen LogP contribution is -2.23. The van der Waals surface area contributed by atoms with E-state index in [1.807, 2.05) is 0 Å². The van der Waals surface area contributed by atoms with Crippen molar-refractivity contribution in [1.29, 1.82) is 0 Å². The van der Waals surface area contributed by atoms with Crippen molar-refractivity contribution in [3.63, 3.8) is 0 Å². The van der Waals surface area contributed by atoms with Crippen LogP contribution < -0.4 is 4.90 Å². The maximum atomic E-state index is 9.38. The van der Waals surface area contributed by atoms with E-state index >= 15 is 0 Å². The van der Waals surface area contributed by atoms with Crippen LogP contribution in [0, 0.1) is 0 Å². The van der Waals surface area contributed by atoms with Crippen molar-refractivity contribution in [1.82, 2.24) is 9.88 Å². The quantitative estimate of drug-likeness (QED) is 0.820. The normalized spacial score (nSPS) is 15.4.